The van der Waals surface area contributed by atoms with Crippen LogP contribution in [0.5, 0.6) is 0 Å². The minimum Gasteiger partial charge on any atom is -0.469 e. The lowest BCUT2D eigenvalue weighted by molar-refractivity contribution is -0.140. The van der Waals surface area contributed by atoms with E-state index in [1.807, 2.05) is 12.1 Å². The molecule has 4 nitrogen and oxygen atoms in total. The zero-order chi connectivity index (χ0) is 15.3. The standard InChI is InChI=1S/C7H7Br.C4H8O2.C3H6O2/c1-6-3-2-4-7(8)5-6;1-3-6-4(2)5;1-3(4)5-2/h2-5H,1H3;3H2,1-2H3;1-2H3. The van der Waals surface area contributed by atoms with Crippen molar-refractivity contribution in [2.75, 3.05) is 13.7 Å². The van der Waals surface area contributed by atoms with Gasteiger partial charge in [0.15, 0.2) is 0 Å². The van der Waals surface area contributed by atoms with Crippen LogP contribution >= 0.6 is 15.9 Å². The first kappa shape index (κ1) is 20.0. The maximum absolute atomic E-state index is 9.82. The lowest BCUT2D eigenvalue weighted by Gasteiger charge is -1.89. The van der Waals surface area contributed by atoms with Gasteiger partial charge in [-0.05, 0) is 26.0 Å². The molecule has 0 aliphatic carbocycles. The molecule has 0 amide bonds. The molecule has 0 aliphatic heterocycles. The summed E-state index contributed by atoms with van der Waals surface area (Å²) in [5, 5.41) is 0. The minimum atomic E-state index is -0.245. The van der Waals surface area contributed by atoms with Crippen LogP contribution in [0.1, 0.15) is 26.3 Å². The topological polar surface area (TPSA) is 52.6 Å². The fraction of sp³-hybridized carbons (Fsp3) is 0.429. The average molecular weight is 333 g/mol. The number of ether oxygens (including phenoxy) is 2. The Labute approximate surface area is 123 Å². The second-order valence-corrected chi connectivity index (χ2v) is 4.33. The summed E-state index contributed by atoms with van der Waals surface area (Å²) in [7, 11) is 1.35. The Morgan fingerprint density at radius 2 is 1.74 bits per heavy atom. The predicted molar refractivity (Wildman–Crippen MR) is 78.9 cm³/mol. The van der Waals surface area contributed by atoms with E-state index in [0.29, 0.717) is 6.61 Å². The van der Waals surface area contributed by atoms with E-state index in [2.05, 4.69) is 44.5 Å². The van der Waals surface area contributed by atoms with Gasteiger partial charge in [-0.15, -0.1) is 0 Å². The summed E-state index contributed by atoms with van der Waals surface area (Å²) in [6.45, 7) is 7.09. The van der Waals surface area contributed by atoms with E-state index < -0.39 is 0 Å². The summed E-state index contributed by atoms with van der Waals surface area (Å²) in [5.41, 5.74) is 1.29. The third kappa shape index (κ3) is 19.2. The van der Waals surface area contributed by atoms with Gasteiger partial charge in [-0.2, -0.15) is 0 Å². The molecule has 1 rings (SSSR count). The fourth-order valence-corrected chi connectivity index (χ4v) is 1.32. The average Bonchev–Trinajstić information content (AvgIpc) is 2.30. The van der Waals surface area contributed by atoms with E-state index in [0.717, 1.165) is 4.47 Å². The SMILES string of the molecule is CCOC(C)=O.COC(C)=O.Cc1cccc(Br)c1. The highest BCUT2D eigenvalue weighted by atomic mass is 79.9. The van der Waals surface area contributed by atoms with Crippen LogP contribution in [-0.4, -0.2) is 25.7 Å². The Morgan fingerprint density at radius 1 is 1.21 bits per heavy atom. The van der Waals surface area contributed by atoms with Crippen LogP contribution in [0.3, 0.4) is 0 Å². The number of carbonyl (C=O) groups is 2. The molecule has 1 aromatic carbocycles. The highest BCUT2D eigenvalue weighted by Gasteiger charge is 1.82. The molecule has 19 heavy (non-hydrogen) atoms. The molecule has 1 aromatic rings. The van der Waals surface area contributed by atoms with Gasteiger partial charge >= 0.3 is 11.9 Å². The molecular formula is C14H21BrO4. The quantitative estimate of drug-likeness (QED) is 0.738. The summed E-state index contributed by atoms with van der Waals surface area (Å²) < 4.78 is 9.66. The fourth-order valence-electron chi connectivity index (χ4n) is 0.809. The summed E-state index contributed by atoms with van der Waals surface area (Å²) in [5.74, 6) is -0.456. The first-order chi connectivity index (χ1) is 8.83. The molecule has 0 fully saturated rings. The van der Waals surface area contributed by atoms with Crippen molar-refractivity contribution in [3.05, 3.63) is 34.3 Å². The molecule has 5 heteroatoms. The highest BCUT2D eigenvalue weighted by molar-refractivity contribution is 9.10. The predicted octanol–water partition coefficient (Wildman–Crippen LogP) is 3.51. The van der Waals surface area contributed by atoms with Gasteiger partial charge in [-0.1, -0.05) is 33.6 Å². The van der Waals surface area contributed by atoms with Crippen molar-refractivity contribution < 1.29 is 19.1 Å². The second kappa shape index (κ2) is 13.1. The van der Waals surface area contributed by atoms with E-state index in [9.17, 15) is 9.59 Å². The Kier molecular flexibility index (Phi) is 13.7. The van der Waals surface area contributed by atoms with Crippen molar-refractivity contribution in [3.8, 4) is 0 Å². The molecule has 0 saturated heterocycles. The number of halogens is 1. The highest BCUT2D eigenvalue weighted by Crippen LogP contribution is 2.09. The molecule has 108 valence electrons. The van der Waals surface area contributed by atoms with E-state index >= 15 is 0 Å². The smallest absolute Gasteiger partial charge is 0.302 e. The van der Waals surface area contributed by atoms with Crippen LogP contribution in [0.4, 0.5) is 0 Å². The number of carbonyl (C=O) groups excluding carboxylic acids is 2. The third-order valence-electron chi connectivity index (χ3n) is 1.62. The van der Waals surface area contributed by atoms with Crippen LogP contribution in [0.25, 0.3) is 0 Å². The maximum atomic E-state index is 9.82. The van der Waals surface area contributed by atoms with Crippen molar-refractivity contribution >= 4 is 27.9 Å². The van der Waals surface area contributed by atoms with Gasteiger partial charge in [0.2, 0.25) is 0 Å². The number of aryl methyl sites for hydroxylation is 1. The Morgan fingerprint density at radius 3 is 1.89 bits per heavy atom. The number of rotatable bonds is 1. The molecule has 0 heterocycles. The molecule has 0 aromatic heterocycles. The number of benzene rings is 1. The first-order valence-corrected chi connectivity index (χ1v) is 6.52. The van der Waals surface area contributed by atoms with E-state index in [4.69, 9.17) is 0 Å². The summed E-state index contributed by atoms with van der Waals surface area (Å²) in [4.78, 5) is 19.4. The van der Waals surface area contributed by atoms with Crippen LogP contribution in [-0.2, 0) is 19.1 Å². The van der Waals surface area contributed by atoms with Crippen LogP contribution < -0.4 is 0 Å². The first-order valence-electron chi connectivity index (χ1n) is 5.73. The monoisotopic (exact) mass is 332 g/mol. The lowest BCUT2D eigenvalue weighted by atomic mass is 10.2. The normalized spacial score (nSPS) is 8.11. The minimum absolute atomic E-state index is 0.211. The van der Waals surface area contributed by atoms with Crippen molar-refractivity contribution in [2.45, 2.75) is 27.7 Å². The van der Waals surface area contributed by atoms with Crippen molar-refractivity contribution in [1.29, 1.82) is 0 Å². The molecule has 0 bridgehead atoms. The van der Waals surface area contributed by atoms with Crippen LogP contribution in [0, 0.1) is 6.92 Å². The van der Waals surface area contributed by atoms with Gasteiger partial charge < -0.3 is 9.47 Å². The van der Waals surface area contributed by atoms with Crippen LogP contribution in [0.15, 0.2) is 28.7 Å². The Hall–Kier alpha value is -1.36. The van der Waals surface area contributed by atoms with Gasteiger partial charge in [-0.3, -0.25) is 9.59 Å². The van der Waals surface area contributed by atoms with E-state index in [1.54, 1.807) is 6.92 Å². The Bertz CT molecular complexity index is 360. The van der Waals surface area contributed by atoms with Gasteiger partial charge in [0.1, 0.15) is 0 Å². The number of hydrogen-bond donors (Lipinski definition) is 0. The van der Waals surface area contributed by atoms with Crippen molar-refractivity contribution in [1.82, 2.24) is 0 Å². The van der Waals surface area contributed by atoms with E-state index in [-0.39, 0.29) is 11.9 Å². The zero-order valence-corrected chi connectivity index (χ0v) is 13.6. The molecule has 0 radical (unpaired) electrons. The zero-order valence-electron chi connectivity index (χ0n) is 12.0. The third-order valence-corrected chi connectivity index (χ3v) is 2.11. The summed E-state index contributed by atoms with van der Waals surface area (Å²) in [6, 6.07) is 8.21. The molecule has 0 N–H and O–H groups in total. The second-order valence-electron chi connectivity index (χ2n) is 3.42. The summed E-state index contributed by atoms with van der Waals surface area (Å²) in [6.07, 6.45) is 0. The van der Waals surface area contributed by atoms with E-state index in [1.165, 1.54) is 26.5 Å². The summed E-state index contributed by atoms with van der Waals surface area (Å²) >= 11 is 3.36. The molecular weight excluding hydrogens is 312 g/mol. The molecule has 0 spiro atoms. The number of hydrogen-bond acceptors (Lipinski definition) is 4. The molecule has 0 atom stereocenters. The number of methoxy groups -OCH3 is 1. The van der Waals surface area contributed by atoms with Gasteiger partial charge in [0.05, 0.1) is 13.7 Å². The Balaban J connectivity index is 0. The lowest BCUT2D eigenvalue weighted by Crippen LogP contribution is -1.95. The molecule has 0 saturated carbocycles. The number of esters is 2. The van der Waals surface area contributed by atoms with Gasteiger partial charge in [-0.25, -0.2) is 0 Å². The van der Waals surface area contributed by atoms with Gasteiger partial charge in [0.25, 0.3) is 0 Å². The van der Waals surface area contributed by atoms with Crippen molar-refractivity contribution in [2.24, 2.45) is 0 Å². The molecule has 0 aliphatic rings. The maximum Gasteiger partial charge on any atom is 0.302 e. The van der Waals surface area contributed by atoms with Crippen LogP contribution in [0.2, 0.25) is 0 Å². The molecule has 0 unspecified atom stereocenters. The van der Waals surface area contributed by atoms with Gasteiger partial charge in [0, 0.05) is 18.3 Å². The van der Waals surface area contributed by atoms with Crippen molar-refractivity contribution in [3.63, 3.8) is 0 Å². The largest absolute Gasteiger partial charge is 0.469 e.